The Labute approximate surface area is 183 Å². The second-order valence-electron chi connectivity index (χ2n) is 7.25. The molecule has 0 aliphatic carbocycles. The van der Waals surface area contributed by atoms with Gasteiger partial charge >= 0.3 is 0 Å². The van der Waals surface area contributed by atoms with E-state index in [-0.39, 0.29) is 10.8 Å². The zero-order chi connectivity index (χ0) is 22.4. The number of carbonyl (C=O) groups is 1. The Kier molecular flexibility index (Phi) is 6.97. The summed E-state index contributed by atoms with van der Waals surface area (Å²) in [6.07, 6.45) is 0. The van der Waals surface area contributed by atoms with E-state index >= 15 is 0 Å². The second-order valence-corrected chi connectivity index (χ2v) is 9.22. The van der Waals surface area contributed by atoms with Gasteiger partial charge in [0.15, 0.2) is 0 Å². The van der Waals surface area contributed by atoms with Crippen molar-refractivity contribution in [3.63, 3.8) is 0 Å². The lowest BCUT2D eigenvalue weighted by Crippen LogP contribution is -2.28. The summed E-state index contributed by atoms with van der Waals surface area (Å²) >= 11 is 0. The lowest BCUT2D eigenvalue weighted by Gasteiger charge is -2.20. The lowest BCUT2D eigenvalue weighted by atomic mass is 10.2. The van der Waals surface area contributed by atoms with Crippen LogP contribution >= 0.6 is 0 Å². The smallest absolute Gasteiger partial charge is 0.264 e. The number of sulfonamides is 1. The second kappa shape index (κ2) is 9.66. The van der Waals surface area contributed by atoms with Crippen molar-refractivity contribution >= 4 is 21.6 Å². The Morgan fingerprint density at radius 1 is 0.871 bits per heavy atom. The normalized spacial score (nSPS) is 11.1. The lowest BCUT2D eigenvalue weighted by molar-refractivity contribution is 0.0947. The Balaban J connectivity index is 1.56. The van der Waals surface area contributed by atoms with E-state index in [0.717, 1.165) is 16.9 Å². The summed E-state index contributed by atoms with van der Waals surface area (Å²) < 4.78 is 32.4. The van der Waals surface area contributed by atoms with Crippen LogP contribution in [0, 0.1) is 13.8 Å². The van der Waals surface area contributed by atoms with Gasteiger partial charge in [-0.25, -0.2) is 8.42 Å². The summed E-state index contributed by atoms with van der Waals surface area (Å²) in [4.78, 5) is 12.6. The molecule has 3 aromatic rings. The fourth-order valence-electron chi connectivity index (χ4n) is 2.90. The molecule has 0 unspecified atom stereocenters. The first-order valence-corrected chi connectivity index (χ1v) is 11.3. The van der Waals surface area contributed by atoms with Crippen LogP contribution in [0.5, 0.6) is 5.75 Å². The number of rotatable bonds is 8. The molecule has 0 aromatic heterocycles. The maximum Gasteiger partial charge on any atom is 0.264 e. The summed E-state index contributed by atoms with van der Waals surface area (Å²) in [5.41, 5.74) is 3.06. The van der Waals surface area contributed by atoms with Crippen LogP contribution in [-0.4, -0.2) is 34.5 Å². The van der Waals surface area contributed by atoms with Gasteiger partial charge in [-0.15, -0.1) is 0 Å². The number of aryl methyl sites for hydroxylation is 2. The highest BCUT2D eigenvalue weighted by Crippen LogP contribution is 2.22. The van der Waals surface area contributed by atoms with Crippen molar-refractivity contribution in [1.29, 1.82) is 0 Å². The van der Waals surface area contributed by atoms with Gasteiger partial charge in [0.1, 0.15) is 12.4 Å². The van der Waals surface area contributed by atoms with E-state index in [4.69, 9.17) is 4.74 Å². The number of benzene rings is 3. The van der Waals surface area contributed by atoms with Crippen molar-refractivity contribution in [1.82, 2.24) is 5.32 Å². The van der Waals surface area contributed by atoms with E-state index in [0.29, 0.717) is 24.4 Å². The zero-order valence-corrected chi connectivity index (χ0v) is 18.6. The molecule has 1 amide bonds. The van der Waals surface area contributed by atoms with Crippen molar-refractivity contribution in [3.8, 4) is 5.75 Å². The van der Waals surface area contributed by atoms with Gasteiger partial charge < -0.3 is 10.1 Å². The summed E-state index contributed by atoms with van der Waals surface area (Å²) in [7, 11) is -2.18. The number of nitrogens with zero attached hydrogens (tertiary/aromatic N) is 1. The largest absolute Gasteiger partial charge is 0.492 e. The maximum atomic E-state index is 12.8. The highest BCUT2D eigenvalue weighted by molar-refractivity contribution is 7.92. The molecule has 7 heteroatoms. The molecule has 0 bridgehead atoms. The van der Waals surface area contributed by atoms with Crippen LogP contribution < -0.4 is 14.4 Å². The van der Waals surface area contributed by atoms with Crippen LogP contribution in [0.3, 0.4) is 0 Å². The van der Waals surface area contributed by atoms with Crippen molar-refractivity contribution in [2.75, 3.05) is 24.5 Å². The first-order valence-electron chi connectivity index (χ1n) is 9.91. The Bertz CT molecular complexity index is 1120. The van der Waals surface area contributed by atoms with Gasteiger partial charge in [-0.2, -0.15) is 0 Å². The zero-order valence-electron chi connectivity index (χ0n) is 17.8. The number of anilines is 1. The Morgan fingerprint density at radius 2 is 1.42 bits per heavy atom. The number of carbonyl (C=O) groups excluding carboxylic acids is 1. The van der Waals surface area contributed by atoms with E-state index in [1.54, 1.807) is 48.5 Å². The highest BCUT2D eigenvalue weighted by Gasteiger charge is 2.21. The standard InChI is InChI=1S/C24H26N2O4S/c1-18-4-12-22(13-5-18)30-17-16-25-24(27)20-8-10-21(11-9-20)26(3)31(28,29)23-14-6-19(2)7-15-23/h4-15H,16-17H2,1-3H3,(H,25,27). The molecular weight excluding hydrogens is 412 g/mol. The fraction of sp³-hybridized carbons (Fsp3) is 0.208. The summed E-state index contributed by atoms with van der Waals surface area (Å²) in [5.74, 6) is 0.505. The molecule has 3 aromatic carbocycles. The van der Waals surface area contributed by atoms with Crippen molar-refractivity contribution < 1.29 is 17.9 Å². The number of amides is 1. The quantitative estimate of drug-likeness (QED) is 0.541. The monoisotopic (exact) mass is 438 g/mol. The van der Waals surface area contributed by atoms with Gasteiger partial charge in [0.2, 0.25) is 0 Å². The maximum absolute atomic E-state index is 12.8. The molecule has 3 rings (SSSR count). The molecular formula is C24H26N2O4S. The van der Waals surface area contributed by atoms with Gasteiger partial charge in [-0.3, -0.25) is 9.10 Å². The first kappa shape index (κ1) is 22.4. The van der Waals surface area contributed by atoms with E-state index in [9.17, 15) is 13.2 Å². The van der Waals surface area contributed by atoms with Gasteiger partial charge in [0.25, 0.3) is 15.9 Å². The van der Waals surface area contributed by atoms with E-state index < -0.39 is 10.0 Å². The molecule has 0 fully saturated rings. The average molecular weight is 439 g/mol. The number of hydrogen-bond acceptors (Lipinski definition) is 4. The molecule has 0 atom stereocenters. The summed E-state index contributed by atoms with van der Waals surface area (Å²) in [6.45, 7) is 4.62. The summed E-state index contributed by atoms with van der Waals surface area (Å²) in [6, 6.07) is 20.8. The van der Waals surface area contributed by atoms with Gasteiger partial charge in [-0.1, -0.05) is 35.4 Å². The van der Waals surface area contributed by atoms with Gasteiger partial charge in [0.05, 0.1) is 17.1 Å². The number of ether oxygens (including phenoxy) is 1. The van der Waals surface area contributed by atoms with Crippen LogP contribution in [0.15, 0.2) is 77.7 Å². The molecule has 0 heterocycles. The number of nitrogens with one attached hydrogen (secondary N) is 1. The van der Waals surface area contributed by atoms with Crippen molar-refractivity contribution in [2.45, 2.75) is 18.7 Å². The van der Waals surface area contributed by atoms with Crippen LogP contribution in [0.4, 0.5) is 5.69 Å². The van der Waals surface area contributed by atoms with E-state index in [2.05, 4.69) is 5.32 Å². The minimum atomic E-state index is -3.67. The molecule has 0 saturated carbocycles. The van der Waals surface area contributed by atoms with Gasteiger partial charge in [-0.05, 0) is 62.4 Å². The van der Waals surface area contributed by atoms with Crippen molar-refractivity contribution in [2.24, 2.45) is 0 Å². The molecule has 31 heavy (non-hydrogen) atoms. The topological polar surface area (TPSA) is 75.7 Å². The van der Waals surface area contributed by atoms with Crippen LogP contribution in [-0.2, 0) is 10.0 Å². The first-order chi connectivity index (χ1) is 14.8. The van der Waals surface area contributed by atoms with Crippen LogP contribution in [0.2, 0.25) is 0 Å². The van der Waals surface area contributed by atoms with Crippen LogP contribution in [0.1, 0.15) is 21.5 Å². The minimum absolute atomic E-state index is 0.219. The predicted molar refractivity (Wildman–Crippen MR) is 122 cm³/mol. The Hall–Kier alpha value is -3.32. The number of hydrogen-bond donors (Lipinski definition) is 1. The fourth-order valence-corrected chi connectivity index (χ4v) is 4.10. The minimum Gasteiger partial charge on any atom is -0.492 e. The molecule has 0 saturated heterocycles. The van der Waals surface area contributed by atoms with E-state index in [1.165, 1.54) is 11.4 Å². The van der Waals surface area contributed by atoms with E-state index in [1.807, 2.05) is 38.1 Å². The highest BCUT2D eigenvalue weighted by atomic mass is 32.2. The molecule has 162 valence electrons. The predicted octanol–water partition coefficient (Wildman–Crippen LogP) is 3.94. The third kappa shape index (κ3) is 5.64. The van der Waals surface area contributed by atoms with Gasteiger partial charge in [0, 0.05) is 12.6 Å². The molecule has 0 spiro atoms. The molecule has 0 aliphatic heterocycles. The molecule has 1 N–H and O–H groups in total. The van der Waals surface area contributed by atoms with Crippen LogP contribution in [0.25, 0.3) is 0 Å². The molecule has 6 nitrogen and oxygen atoms in total. The SMILES string of the molecule is Cc1ccc(OCCNC(=O)c2ccc(N(C)S(=O)(=O)c3ccc(C)cc3)cc2)cc1. The molecule has 0 aliphatic rings. The third-order valence-electron chi connectivity index (χ3n) is 4.85. The molecule has 0 radical (unpaired) electrons. The van der Waals surface area contributed by atoms with Crippen molar-refractivity contribution in [3.05, 3.63) is 89.5 Å². The third-order valence-corrected chi connectivity index (χ3v) is 6.65. The Morgan fingerprint density at radius 3 is 2.00 bits per heavy atom. The average Bonchev–Trinajstić information content (AvgIpc) is 2.77. The summed E-state index contributed by atoms with van der Waals surface area (Å²) in [5, 5.41) is 2.79.